The van der Waals surface area contributed by atoms with Crippen LogP contribution in [-0.4, -0.2) is 48.0 Å². The molecule has 1 aliphatic heterocycles. The molecule has 4 rings (SSSR count). The molecule has 0 bridgehead atoms. The number of esters is 1. The number of halogens is 2. The molecule has 0 radical (unpaired) electrons. The lowest BCUT2D eigenvalue weighted by Crippen LogP contribution is -2.57. The van der Waals surface area contributed by atoms with Gasteiger partial charge in [-0.25, -0.2) is 4.98 Å². The number of methoxy groups -OCH3 is 1. The summed E-state index contributed by atoms with van der Waals surface area (Å²) in [7, 11) is 1.29. The van der Waals surface area contributed by atoms with Gasteiger partial charge in [-0.1, -0.05) is 61.0 Å². The number of aromatic nitrogens is 1. The van der Waals surface area contributed by atoms with E-state index < -0.39 is 5.97 Å². The first-order valence-electron chi connectivity index (χ1n) is 11.6. The molecule has 1 saturated carbocycles. The second kappa shape index (κ2) is 10.8. The predicted octanol–water partition coefficient (Wildman–Crippen LogP) is 4.87. The minimum atomic E-state index is -0.536. The lowest BCUT2D eigenvalue weighted by molar-refractivity contribution is -0.147. The van der Waals surface area contributed by atoms with E-state index in [1.54, 1.807) is 17.2 Å². The van der Waals surface area contributed by atoms with Crippen LogP contribution in [0.25, 0.3) is 0 Å². The molecule has 2 heterocycles. The number of pyridine rings is 1. The molecule has 1 aromatic carbocycles. The molecule has 2 atom stereocenters. The van der Waals surface area contributed by atoms with Gasteiger partial charge in [-0.05, 0) is 36.1 Å². The molecule has 0 spiro atoms. The van der Waals surface area contributed by atoms with E-state index in [0.29, 0.717) is 40.6 Å². The van der Waals surface area contributed by atoms with Crippen LogP contribution in [0.5, 0.6) is 0 Å². The van der Waals surface area contributed by atoms with Crippen LogP contribution in [0.15, 0.2) is 36.5 Å². The predicted molar refractivity (Wildman–Crippen MR) is 134 cm³/mol. The number of amides is 1. The van der Waals surface area contributed by atoms with Crippen molar-refractivity contribution in [2.45, 2.75) is 50.6 Å². The Bertz CT molecular complexity index is 1030. The third-order valence-electron chi connectivity index (χ3n) is 6.87. The van der Waals surface area contributed by atoms with Crippen molar-refractivity contribution in [3.05, 3.63) is 52.1 Å². The van der Waals surface area contributed by atoms with Gasteiger partial charge in [-0.2, -0.15) is 0 Å². The maximum absolute atomic E-state index is 13.1. The van der Waals surface area contributed by atoms with Gasteiger partial charge in [0.15, 0.2) is 5.82 Å². The Balaban J connectivity index is 1.75. The van der Waals surface area contributed by atoms with E-state index in [1.165, 1.54) is 32.8 Å². The highest BCUT2D eigenvalue weighted by molar-refractivity contribution is 6.31. The molecule has 7 nitrogen and oxygen atoms in total. The Morgan fingerprint density at radius 2 is 1.82 bits per heavy atom. The summed E-state index contributed by atoms with van der Waals surface area (Å²) in [5.74, 6) is 0.459. The first-order chi connectivity index (χ1) is 16.4. The topological polar surface area (TPSA) is 88.8 Å². The van der Waals surface area contributed by atoms with E-state index in [0.717, 1.165) is 12.0 Å². The number of hydrogen-bond donors (Lipinski definition) is 1. The standard InChI is InChI=1S/C25H30Cl2N4O3/c1-34-24(33)12-23(32)30-14-20(10-16-4-2-3-5-16)31(25-21(28)11-19(27)13-29-25)22(15-30)17-6-8-18(26)9-7-17/h6-9,11,13,16,20,22H,2-5,10,12,14-15,28H2,1H3/t20-,22-/m0/s1. The van der Waals surface area contributed by atoms with Crippen molar-refractivity contribution in [2.24, 2.45) is 5.92 Å². The highest BCUT2D eigenvalue weighted by Gasteiger charge is 2.40. The number of piperazine rings is 1. The van der Waals surface area contributed by atoms with Crippen LogP contribution < -0.4 is 10.6 Å². The summed E-state index contributed by atoms with van der Waals surface area (Å²) >= 11 is 12.3. The quantitative estimate of drug-likeness (QED) is 0.445. The smallest absolute Gasteiger partial charge is 0.315 e. The monoisotopic (exact) mass is 504 g/mol. The summed E-state index contributed by atoms with van der Waals surface area (Å²) < 4.78 is 4.74. The number of rotatable bonds is 6. The molecule has 2 aliphatic rings. The van der Waals surface area contributed by atoms with Gasteiger partial charge < -0.3 is 20.3 Å². The first kappa shape index (κ1) is 24.6. The van der Waals surface area contributed by atoms with Crippen molar-refractivity contribution in [1.82, 2.24) is 9.88 Å². The molecule has 182 valence electrons. The largest absolute Gasteiger partial charge is 0.469 e. The van der Waals surface area contributed by atoms with Crippen molar-refractivity contribution < 1.29 is 14.3 Å². The number of nitrogen functional groups attached to an aromatic ring is 1. The molecule has 1 aromatic heterocycles. The van der Waals surface area contributed by atoms with E-state index in [9.17, 15) is 9.59 Å². The van der Waals surface area contributed by atoms with Crippen molar-refractivity contribution >= 4 is 46.6 Å². The van der Waals surface area contributed by atoms with Gasteiger partial charge in [0.25, 0.3) is 0 Å². The molecule has 2 N–H and O–H groups in total. The second-order valence-corrected chi connectivity index (χ2v) is 10.0. The first-order valence-corrected chi connectivity index (χ1v) is 12.4. The Hall–Kier alpha value is -2.51. The van der Waals surface area contributed by atoms with Crippen LogP contribution in [0.1, 0.15) is 50.1 Å². The normalized spacial score (nSPS) is 21.0. The molecule has 0 unspecified atom stereocenters. The van der Waals surface area contributed by atoms with Gasteiger partial charge in [0.1, 0.15) is 6.42 Å². The molecule has 2 aromatic rings. The van der Waals surface area contributed by atoms with Crippen LogP contribution in [0, 0.1) is 5.92 Å². The van der Waals surface area contributed by atoms with Gasteiger partial charge >= 0.3 is 5.97 Å². The summed E-state index contributed by atoms with van der Waals surface area (Å²) in [6.07, 6.45) is 7.05. The van der Waals surface area contributed by atoms with Crippen LogP contribution in [0.3, 0.4) is 0 Å². The van der Waals surface area contributed by atoms with E-state index in [4.69, 9.17) is 33.7 Å². The Kier molecular flexibility index (Phi) is 7.84. The minimum Gasteiger partial charge on any atom is -0.469 e. The SMILES string of the molecule is COC(=O)CC(=O)N1C[C@H](CC2CCCC2)N(c2ncc(Cl)cc2N)[C@H](c2ccc(Cl)cc2)C1. The number of carbonyl (C=O) groups is 2. The number of nitrogens with two attached hydrogens (primary N) is 1. The molecular formula is C25H30Cl2N4O3. The van der Waals surface area contributed by atoms with E-state index >= 15 is 0 Å². The second-order valence-electron chi connectivity index (χ2n) is 9.13. The maximum atomic E-state index is 13.1. The van der Waals surface area contributed by atoms with Crippen molar-refractivity contribution in [2.75, 3.05) is 30.8 Å². The molecule has 1 amide bonds. The van der Waals surface area contributed by atoms with Gasteiger partial charge in [0.2, 0.25) is 5.91 Å². The third-order valence-corrected chi connectivity index (χ3v) is 7.33. The molecule has 9 heteroatoms. The number of benzene rings is 1. The van der Waals surface area contributed by atoms with Crippen LogP contribution in [0.2, 0.25) is 10.0 Å². The number of ether oxygens (including phenoxy) is 1. The number of hydrogen-bond acceptors (Lipinski definition) is 6. The van der Waals surface area contributed by atoms with Crippen molar-refractivity contribution in [1.29, 1.82) is 0 Å². The minimum absolute atomic E-state index is 0.0184. The third kappa shape index (κ3) is 5.58. The molecule has 1 aliphatic carbocycles. The van der Waals surface area contributed by atoms with Gasteiger partial charge in [-0.3, -0.25) is 9.59 Å². The summed E-state index contributed by atoms with van der Waals surface area (Å²) in [6.45, 7) is 0.878. The zero-order valence-corrected chi connectivity index (χ0v) is 20.8. The van der Waals surface area contributed by atoms with E-state index in [2.05, 4.69) is 9.88 Å². The molecule has 2 fully saturated rings. The fraction of sp³-hybridized carbons (Fsp3) is 0.480. The summed E-state index contributed by atoms with van der Waals surface area (Å²) in [5, 5.41) is 1.11. The zero-order valence-electron chi connectivity index (χ0n) is 19.3. The summed E-state index contributed by atoms with van der Waals surface area (Å²) in [5.41, 5.74) is 7.90. The summed E-state index contributed by atoms with van der Waals surface area (Å²) in [6, 6.07) is 9.10. The zero-order chi connectivity index (χ0) is 24.2. The number of nitrogens with zero attached hydrogens (tertiary/aromatic N) is 3. The van der Waals surface area contributed by atoms with Gasteiger partial charge in [0.05, 0.1) is 23.9 Å². The molecule has 34 heavy (non-hydrogen) atoms. The fourth-order valence-electron chi connectivity index (χ4n) is 5.23. The van der Waals surface area contributed by atoms with E-state index in [-0.39, 0.29) is 24.4 Å². The van der Waals surface area contributed by atoms with Gasteiger partial charge in [-0.15, -0.1) is 0 Å². The van der Waals surface area contributed by atoms with E-state index in [1.807, 2.05) is 24.3 Å². The van der Waals surface area contributed by atoms with Crippen LogP contribution in [-0.2, 0) is 14.3 Å². The lowest BCUT2D eigenvalue weighted by Gasteiger charge is -2.48. The number of carbonyl (C=O) groups excluding carboxylic acids is 2. The van der Waals surface area contributed by atoms with Crippen molar-refractivity contribution in [3.8, 4) is 0 Å². The maximum Gasteiger partial charge on any atom is 0.315 e. The summed E-state index contributed by atoms with van der Waals surface area (Å²) in [4.78, 5) is 33.5. The average molecular weight is 505 g/mol. The number of anilines is 2. The lowest BCUT2D eigenvalue weighted by atomic mass is 9.91. The Labute approximate surface area is 210 Å². The highest BCUT2D eigenvalue weighted by Crippen LogP contribution is 2.40. The Morgan fingerprint density at radius 3 is 2.47 bits per heavy atom. The fourth-order valence-corrected chi connectivity index (χ4v) is 5.53. The van der Waals surface area contributed by atoms with Crippen LogP contribution in [0.4, 0.5) is 11.5 Å². The molecular weight excluding hydrogens is 475 g/mol. The van der Waals surface area contributed by atoms with Gasteiger partial charge in [0, 0.05) is 30.4 Å². The van der Waals surface area contributed by atoms with Crippen LogP contribution >= 0.6 is 23.2 Å². The highest BCUT2D eigenvalue weighted by atomic mass is 35.5. The van der Waals surface area contributed by atoms with Crippen molar-refractivity contribution in [3.63, 3.8) is 0 Å². The molecule has 1 saturated heterocycles. The Morgan fingerprint density at radius 1 is 1.12 bits per heavy atom. The average Bonchev–Trinajstić information content (AvgIpc) is 3.32.